The van der Waals surface area contributed by atoms with E-state index >= 15 is 0 Å². The second kappa shape index (κ2) is 8.55. The Bertz CT molecular complexity index is 447. The van der Waals surface area contributed by atoms with E-state index in [1.807, 2.05) is 0 Å². The molecule has 8 heteroatoms. The molecule has 1 aromatic carbocycles. The lowest BCUT2D eigenvalue weighted by Gasteiger charge is -2.15. The van der Waals surface area contributed by atoms with Gasteiger partial charge in [-0.15, -0.1) is 12.4 Å². The molecule has 0 spiro atoms. The minimum atomic E-state index is -2.98. The molecule has 0 aliphatic carbocycles. The number of hydrogen-bond donors (Lipinski definition) is 2. The number of halogens is 3. The summed E-state index contributed by atoms with van der Waals surface area (Å²) in [5.74, 6) is -0.218. The van der Waals surface area contributed by atoms with Crippen LogP contribution in [0.1, 0.15) is 13.3 Å². The SMILES string of the molecule is CC[C@H](N)C(=O)Nc1cc(OC)ccc1OC(F)F.Cl. The third-order valence-corrected chi connectivity index (χ3v) is 2.44. The third kappa shape index (κ3) is 5.18. The Morgan fingerprint density at radius 2 is 2.10 bits per heavy atom. The maximum atomic E-state index is 12.3. The molecule has 5 nitrogen and oxygen atoms in total. The Morgan fingerprint density at radius 1 is 1.45 bits per heavy atom. The Balaban J connectivity index is 0.00000361. The molecule has 0 aliphatic heterocycles. The Kier molecular flexibility index (Phi) is 7.86. The van der Waals surface area contributed by atoms with Crippen molar-refractivity contribution in [3.05, 3.63) is 18.2 Å². The van der Waals surface area contributed by atoms with Gasteiger partial charge in [0.15, 0.2) is 0 Å². The van der Waals surface area contributed by atoms with Crippen LogP contribution in [0.2, 0.25) is 0 Å². The molecule has 3 N–H and O–H groups in total. The van der Waals surface area contributed by atoms with Gasteiger partial charge in [-0.2, -0.15) is 8.78 Å². The predicted octanol–water partition coefficient (Wildman–Crippen LogP) is 2.39. The van der Waals surface area contributed by atoms with Gasteiger partial charge in [0.25, 0.3) is 0 Å². The minimum Gasteiger partial charge on any atom is -0.497 e. The molecule has 1 amide bonds. The van der Waals surface area contributed by atoms with Gasteiger partial charge in [-0.25, -0.2) is 0 Å². The van der Waals surface area contributed by atoms with E-state index in [9.17, 15) is 13.6 Å². The first-order valence-electron chi connectivity index (χ1n) is 5.67. The lowest BCUT2D eigenvalue weighted by molar-refractivity contribution is -0.117. The zero-order valence-electron chi connectivity index (χ0n) is 11.1. The van der Waals surface area contributed by atoms with Crippen molar-refractivity contribution in [2.75, 3.05) is 12.4 Å². The average Bonchev–Trinajstić information content (AvgIpc) is 2.39. The number of alkyl halides is 2. The van der Waals surface area contributed by atoms with Crippen molar-refractivity contribution in [1.29, 1.82) is 0 Å². The van der Waals surface area contributed by atoms with Gasteiger partial charge in [-0.05, 0) is 18.6 Å². The maximum Gasteiger partial charge on any atom is 0.387 e. The van der Waals surface area contributed by atoms with Crippen LogP contribution in [0.25, 0.3) is 0 Å². The van der Waals surface area contributed by atoms with E-state index in [0.717, 1.165) is 0 Å². The average molecular weight is 311 g/mol. The molecule has 114 valence electrons. The highest BCUT2D eigenvalue weighted by Gasteiger charge is 2.16. The van der Waals surface area contributed by atoms with Gasteiger partial charge in [0.1, 0.15) is 11.5 Å². The van der Waals surface area contributed by atoms with Crippen LogP contribution >= 0.6 is 12.4 Å². The molecule has 0 heterocycles. The molecule has 20 heavy (non-hydrogen) atoms. The molecule has 0 radical (unpaired) electrons. The number of benzene rings is 1. The van der Waals surface area contributed by atoms with Crippen LogP contribution in [-0.4, -0.2) is 25.7 Å². The lowest BCUT2D eigenvalue weighted by atomic mass is 10.2. The van der Waals surface area contributed by atoms with Crippen molar-refractivity contribution in [2.24, 2.45) is 5.73 Å². The number of amides is 1. The highest BCUT2D eigenvalue weighted by molar-refractivity contribution is 5.96. The first kappa shape index (κ1) is 18.4. The van der Waals surface area contributed by atoms with E-state index in [4.69, 9.17) is 10.5 Å². The molecule has 0 unspecified atom stereocenters. The van der Waals surface area contributed by atoms with Gasteiger partial charge in [0.2, 0.25) is 5.91 Å². The second-order valence-electron chi connectivity index (χ2n) is 3.74. The standard InChI is InChI=1S/C12H16F2N2O3.ClH/c1-3-8(15)11(17)16-9-6-7(18-2)4-5-10(9)19-12(13)14;/h4-6,8,12H,3,15H2,1-2H3,(H,16,17);1H/t8-;/m0./s1. The largest absolute Gasteiger partial charge is 0.497 e. The number of rotatable bonds is 6. The molecule has 0 bridgehead atoms. The molecule has 0 saturated carbocycles. The summed E-state index contributed by atoms with van der Waals surface area (Å²) in [4.78, 5) is 11.7. The van der Waals surface area contributed by atoms with Gasteiger partial charge in [0, 0.05) is 6.07 Å². The Labute approximate surface area is 121 Å². The summed E-state index contributed by atoms with van der Waals surface area (Å²) in [7, 11) is 1.42. The first-order chi connectivity index (χ1) is 8.97. The summed E-state index contributed by atoms with van der Waals surface area (Å²) >= 11 is 0. The summed E-state index contributed by atoms with van der Waals surface area (Å²) < 4.78 is 33.8. The van der Waals surface area contributed by atoms with Crippen LogP contribution in [0.15, 0.2) is 18.2 Å². The van der Waals surface area contributed by atoms with Gasteiger partial charge >= 0.3 is 6.61 Å². The van der Waals surface area contributed by atoms with E-state index in [1.165, 1.54) is 25.3 Å². The van der Waals surface area contributed by atoms with Crippen molar-refractivity contribution in [3.8, 4) is 11.5 Å². The molecular weight excluding hydrogens is 294 g/mol. The van der Waals surface area contributed by atoms with Crippen molar-refractivity contribution in [3.63, 3.8) is 0 Å². The summed E-state index contributed by atoms with van der Waals surface area (Å²) in [5, 5.41) is 2.44. The summed E-state index contributed by atoms with van der Waals surface area (Å²) in [6.07, 6.45) is 0.431. The topological polar surface area (TPSA) is 73.6 Å². The maximum absolute atomic E-state index is 12.3. The fraction of sp³-hybridized carbons (Fsp3) is 0.417. The van der Waals surface area contributed by atoms with E-state index in [2.05, 4.69) is 10.1 Å². The van der Waals surface area contributed by atoms with Crippen LogP contribution in [-0.2, 0) is 4.79 Å². The van der Waals surface area contributed by atoms with Crippen LogP contribution in [0, 0.1) is 0 Å². The molecule has 1 atom stereocenters. The van der Waals surface area contributed by atoms with E-state index in [1.54, 1.807) is 6.92 Å². The number of hydrogen-bond acceptors (Lipinski definition) is 4. The van der Waals surface area contributed by atoms with Crippen molar-refractivity contribution >= 4 is 24.0 Å². The molecule has 0 aliphatic rings. The number of anilines is 1. The highest BCUT2D eigenvalue weighted by atomic mass is 35.5. The summed E-state index contributed by atoms with van der Waals surface area (Å²) in [6.45, 7) is -1.24. The van der Waals surface area contributed by atoms with E-state index in [0.29, 0.717) is 12.2 Å². The number of carbonyl (C=O) groups excluding carboxylic acids is 1. The van der Waals surface area contributed by atoms with Gasteiger partial charge in [0.05, 0.1) is 18.8 Å². The zero-order valence-corrected chi connectivity index (χ0v) is 11.9. The number of ether oxygens (including phenoxy) is 2. The van der Waals surface area contributed by atoms with E-state index in [-0.39, 0.29) is 23.8 Å². The fourth-order valence-electron chi connectivity index (χ4n) is 1.34. The first-order valence-corrected chi connectivity index (χ1v) is 5.67. The Morgan fingerprint density at radius 3 is 2.60 bits per heavy atom. The quantitative estimate of drug-likeness (QED) is 0.846. The van der Waals surface area contributed by atoms with Crippen LogP contribution in [0.4, 0.5) is 14.5 Å². The lowest BCUT2D eigenvalue weighted by Crippen LogP contribution is -2.35. The molecule has 0 saturated heterocycles. The summed E-state index contributed by atoms with van der Waals surface area (Å²) in [5.41, 5.74) is 5.65. The van der Waals surface area contributed by atoms with Gasteiger partial charge in [-0.3, -0.25) is 4.79 Å². The molecular formula is C12H17ClF2N2O3. The summed E-state index contributed by atoms with van der Waals surface area (Å²) in [6, 6.07) is 3.41. The minimum absolute atomic E-state index is 0. The Hall–Kier alpha value is -1.60. The molecule has 0 fully saturated rings. The second-order valence-corrected chi connectivity index (χ2v) is 3.74. The number of methoxy groups -OCH3 is 1. The molecule has 0 aromatic heterocycles. The highest BCUT2D eigenvalue weighted by Crippen LogP contribution is 2.30. The van der Waals surface area contributed by atoms with Crippen molar-refractivity contribution in [2.45, 2.75) is 26.0 Å². The van der Waals surface area contributed by atoms with Crippen LogP contribution in [0.3, 0.4) is 0 Å². The fourth-order valence-corrected chi connectivity index (χ4v) is 1.34. The zero-order chi connectivity index (χ0) is 14.4. The molecule has 1 rings (SSSR count). The third-order valence-electron chi connectivity index (χ3n) is 2.44. The monoisotopic (exact) mass is 310 g/mol. The smallest absolute Gasteiger partial charge is 0.387 e. The predicted molar refractivity (Wildman–Crippen MR) is 73.8 cm³/mol. The normalized spacial score (nSPS) is 11.5. The van der Waals surface area contributed by atoms with E-state index < -0.39 is 18.6 Å². The molecule has 1 aromatic rings. The number of nitrogens with two attached hydrogens (primary N) is 1. The van der Waals surface area contributed by atoms with Crippen molar-refractivity contribution < 1.29 is 23.0 Å². The number of nitrogens with one attached hydrogen (secondary N) is 1. The van der Waals surface area contributed by atoms with Crippen LogP contribution < -0.4 is 20.5 Å². The van der Waals surface area contributed by atoms with Crippen molar-refractivity contribution in [1.82, 2.24) is 0 Å². The van der Waals surface area contributed by atoms with Gasteiger partial charge < -0.3 is 20.5 Å². The van der Waals surface area contributed by atoms with Gasteiger partial charge in [-0.1, -0.05) is 6.92 Å². The van der Waals surface area contributed by atoms with Crippen LogP contribution in [0.5, 0.6) is 11.5 Å². The number of carbonyl (C=O) groups is 1.